The van der Waals surface area contributed by atoms with Crippen molar-refractivity contribution < 1.29 is 4.74 Å². The Hall–Kier alpha value is -3.30. The van der Waals surface area contributed by atoms with E-state index in [4.69, 9.17) is 15.3 Å². The van der Waals surface area contributed by atoms with Crippen LogP contribution in [0.3, 0.4) is 0 Å². The van der Waals surface area contributed by atoms with Gasteiger partial charge in [0.05, 0.1) is 11.1 Å². The second-order valence-corrected chi connectivity index (χ2v) is 4.52. The number of hydrogen-bond donors (Lipinski definition) is 0. The lowest BCUT2D eigenvalue weighted by molar-refractivity contribution is 0.480. The molecule has 0 saturated heterocycles. The molecule has 0 aliphatic carbocycles. The summed E-state index contributed by atoms with van der Waals surface area (Å²) in [5.41, 5.74) is 0.699. The van der Waals surface area contributed by atoms with E-state index in [1.807, 2.05) is 42.5 Å². The fourth-order valence-corrected chi connectivity index (χ4v) is 2.17. The van der Waals surface area contributed by atoms with Gasteiger partial charge >= 0.3 is 0 Å². The Morgan fingerprint density at radius 2 is 1.38 bits per heavy atom. The van der Waals surface area contributed by atoms with Crippen molar-refractivity contribution in [3.05, 3.63) is 71.8 Å². The van der Waals surface area contributed by atoms with E-state index in [1.54, 1.807) is 18.2 Å². The van der Waals surface area contributed by atoms with E-state index in [1.165, 1.54) is 0 Å². The molecule has 3 rings (SSSR count). The van der Waals surface area contributed by atoms with Crippen LogP contribution < -0.4 is 4.74 Å². The van der Waals surface area contributed by atoms with Crippen molar-refractivity contribution in [1.82, 2.24) is 0 Å². The standard InChI is InChI=1S/C18H10N2O/c19-11-15-6-3-7-16(12-20)18(15)21-17-9-8-13-4-1-2-5-14(13)10-17/h1-10H. The quantitative estimate of drug-likeness (QED) is 0.694. The van der Waals surface area contributed by atoms with Gasteiger partial charge in [0.1, 0.15) is 17.9 Å². The van der Waals surface area contributed by atoms with Crippen LogP contribution in [-0.2, 0) is 0 Å². The minimum Gasteiger partial charge on any atom is -0.455 e. The third kappa shape index (κ3) is 2.41. The summed E-state index contributed by atoms with van der Waals surface area (Å²) < 4.78 is 5.79. The van der Waals surface area contributed by atoms with Gasteiger partial charge in [0.15, 0.2) is 5.75 Å². The summed E-state index contributed by atoms with van der Waals surface area (Å²) in [4.78, 5) is 0. The van der Waals surface area contributed by atoms with Crippen LogP contribution in [0.15, 0.2) is 60.7 Å². The van der Waals surface area contributed by atoms with Crippen LogP contribution in [0, 0.1) is 22.7 Å². The Kier molecular flexibility index (Phi) is 3.25. The van der Waals surface area contributed by atoms with Crippen LogP contribution in [0.5, 0.6) is 11.5 Å². The molecule has 0 aliphatic heterocycles. The number of ether oxygens (including phenoxy) is 1. The number of rotatable bonds is 2. The van der Waals surface area contributed by atoms with E-state index in [2.05, 4.69) is 12.1 Å². The summed E-state index contributed by atoms with van der Waals surface area (Å²) in [6.45, 7) is 0. The minimum absolute atomic E-state index is 0.304. The van der Waals surface area contributed by atoms with Gasteiger partial charge in [0.2, 0.25) is 0 Å². The number of nitriles is 2. The Balaban J connectivity index is 2.07. The van der Waals surface area contributed by atoms with Crippen molar-refractivity contribution in [2.24, 2.45) is 0 Å². The van der Waals surface area contributed by atoms with Gasteiger partial charge in [-0.15, -0.1) is 0 Å². The maximum absolute atomic E-state index is 9.15. The van der Waals surface area contributed by atoms with E-state index >= 15 is 0 Å². The molecule has 98 valence electrons. The normalized spacial score (nSPS) is 9.81. The van der Waals surface area contributed by atoms with Crippen molar-refractivity contribution >= 4 is 10.8 Å². The largest absolute Gasteiger partial charge is 0.455 e. The Morgan fingerprint density at radius 3 is 2.05 bits per heavy atom. The summed E-state index contributed by atoms with van der Waals surface area (Å²) in [7, 11) is 0. The highest BCUT2D eigenvalue weighted by atomic mass is 16.5. The molecule has 0 saturated carbocycles. The predicted octanol–water partition coefficient (Wildman–Crippen LogP) is 4.38. The van der Waals surface area contributed by atoms with Crippen LogP contribution in [0.25, 0.3) is 10.8 Å². The molecule has 0 N–H and O–H groups in total. The topological polar surface area (TPSA) is 56.8 Å². The smallest absolute Gasteiger partial charge is 0.162 e. The summed E-state index contributed by atoms with van der Waals surface area (Å²) in [6, 6.07) is 22.7. The lowest BCUT2D eigenvalue weighted by atomic mass is 10.1. The highest BCUT2D eigenvalue weighted by Gasteiger charge is 2.10. The van der Waals surface area contributed by atoms with Gasteiger partial charge in [-0.3, -0.25) is 0 Å². The first-order valence-corrected chi connectivity index (χ1v) is 6.41. The van der Waals surface area contributed by atoms with Gasteiger partial charge in [0, 0.05) is 0 Å². The molecule has 0 radical (unpaired) electrons. The number of benzene rings is 3. The van der Waals surface area contributed by atoms with Crippen molar-refractivity contribution in [2.45, 2.75) is 0 Å². The first-order chi connectivity index (χ1) is 10.3. The van der Waals surface area contributed by atoms with Gasteiger partial charge in [0.25, 0.3) is 0 Å². The highest BCUT2D eigenvalue weighted by molar-refractivity contribution is 5.83. The fraction of sp³-hybridized carbons (Fsp3) is 0. The molecule has 0 atom stereocenters. The van der Waals surface area contributed by atoms with Gasteiger partial charge < -0.3 is 4.74 Å². The molecular formula is C18H10N2O. The second kappa shape index (κ2) is 5.36. The van der Waals surface area contributed by atoms with Crippen LogP contribution in [0.2, 0.25) is 0 Å². The minimum atomic E-state index is 0.304. The second-order valence-electron chi connectivity index (χ2n) is 4.52. The lowest BCUT2D eigenvalue weighted by Gasteiger charge is -2.09. The number of hydrogen-bond acceptors (Lipinski definition) is 3. The maximum Gasteiger partial charge on any atom is 0.162 e. The molecule has 0 fully saturated rings. The van der Waals surface area contributed by atoms with E-state index < -0.39 is 0 Å². The lowest BCUT2D eigenvalue weighted by Crippen LogP contribution is -1.92. The zero-order valence-electron chi connectivity index (χ0n) is 11.1. The third-order valence-corrected chi connectivity index (χ3v) is 3.20. The van der Waals surface area contributed by atoms with Crippen molar-refractivity contribution in [1.29, 1.82) is 10.5 Å². The maximum atomic E-state index is 9.15. The molecule has 3 nitrogen and oxygen atoms in total. The molecule has 0 amide bonds. The average molecular weight is 270 g/mol. The zero-order valence-corrected chi connectivity index (χ0v) is 11.1. The first kappa shape index (κ1) is 12.7. The van der Waals surface area contributed by atoms with E-state index in [0.29, 0.717) is 22.6 Å². The Bertz CT molecular complexity index is 869. The average Bonchev–Trinajstić information content (AvgIpc) is 2.55. The van der Waals surface area contributed by atoms with Crippen LogP contribution in [-0.4, -0.2) is 0 Å². The monoisotopic (exact) mass is 270 g/mol. The SMILES string of the molecule is N#Cc1cccc(C#N)c1Oc1ccc2ccccc2c1. The molecule has 0 bridgehead atoms. The van der Waals surface area contributed by atoms with Crippen molar-refractivity contribution in [3.63, 3.8) is 0 Å². The molecule has 0 unspecified atom stereocenters. The van der Waals surface area contributed by atoms with Crippen LogP contribution >= 0.6 is 0 Å². The zero-order chi connectivity index (χ0) is 14.7. The summed E-state index contributed by atoms with van der Waals surface area (Å²) in [5.74, 6) is 0.908. The number of fused-ring (bicyclic) bond motifs is 1. The molecule has 3 heteroatoms. The molecular weight excluding hydrogens is 260 g/mol. The third-order valence-electron chi connectivity index (χ3n) is 3.20. The van der Waals surface area contributed by atoms with E-state index in [-0.39, 0.29) is 0 Å². The van der Waals surface area contributed by atoms with Crippen molar-refractivity contribution in [2.75, 3.05) is 0 Å². The predicted molar refractivity (Wildman–Crippen MR) is 79.9 cm³/mol. The molecule has 21 heavy (non-hydrogen) atoms. The Labute approximate surface area is 122 Å². The molecule has 3 aromatic carbocycles. The molecule has 3 aromatic rings. The van der Waals surface area contributed by atoms with E-state index in [9.17, 15) is 0 Å². The Morgan fingerprint density at radius 1 is 0.714 bits per heavy atom. The summed E-state index contributed by atoms with van der Waals surface area (Å²) in [5, 5.41) is 20.5. The summed E-state index contributed by atoms with van der Waals surface area (Å²) in [6.07, 6.45) is 0. The fourth-order valence-electron chi connectivity index (χ4n) is 2.17. The van der Waals surface area contributed by atoms with Crippen molar-refractivity contribution in [3.8, 4) is 23.6 Å². The van der Waals surface area contributed by atoms with Gasteiger partial charge in [-0.25, -0.2) is 0 Å². The number of para-hydroxylation sites is 1. The highest BCUT2D eigenvalue weighted by Crippen LogP contribution is 2.30. The van der Waals surface area contributed by atoms with E-state index in [0.717, 1.165) is 10.8 Å². The van der Waals surface area contributed by atoms with Gasteiger partial charge in [-0.05, 0) is 35.0 Å². The molecule has 0 heterocycles. The van der Waals surface area contributed by atoms with Crippen LogP contribution in [0.4, 0.5) is 0 Å². The first-order valence-electron chi connectivity index (χ1n) is 6.41. The van der Waals surface area contributed by atoms with Gasteiger partial charge in [-0.1, -0.05) is 36.4 Å². The molecule has 0 aliphatic rings. The van der Waals surface area contributed by atoms with Crippen LogP contribution in [0.1, 0.15) is 11.1 Å². The van der Waals surface area contributed by atoms with Gasteiger partial charge in [-0.2, -0.15) is 10.5 Å². The number of nitrogens with zero attached hydrogens (tertiary/aromatic N) is 2. The molecule has 0 aromatic heterocycles. The summed E-state index contributed by atoms with van der Waals surface area (Å²) >= 11 is 0. The molecule has 0 spiro atoms.